The average Bonchev–Trinajstić information content (AvgIpc) is 3.35. The van der Waals surface area contributed by atoms with Crippen molar-refractivity contribution in [3.05, 3.63) is 23.8 Å². The zero-order valence-electron chi connectivity index (χ0n) is 17.0. The van der Waals surface area contributed by atoms with E-state index in [1.807, 2.05) is 51.0 Å². The minimum atomic E-state index is 0.0262. The van der Waals surface area contributed by atoms with Crippen LogP contribution in [0.3, 0.4) is 0 Å². The minimum absolute atomic E-state index is 0.0262. The van der Waals surface area contributed by atoms with E-state index in [1.54, 1.807) is 0 Å². The third-order valence-electron chi connectivity index (χ3n) is 4.61. The first-order valence-electron chi connectivity index (χ1n) is 9.59. The number of hydrogen-bond acceptors (Lipinski definition) is 3. The second-order valence-electron chi connectivity index (χ2n) is 8.22. The average molecular weight is 360 g/mol. The first-order chi connectivity index (χ1) is 12.2. The van der Waals surface area contributed by atoms with Crippen molar-refractivity contribution in [2.45, 2.75) is 59.5 Å². The Morgan fingerprint density at radius 3 is 2.31 bits per heavy atom. The maximum Gasteiger partial charge on any atom is 0.226 e. The van der Waals surface area contributed by atoms with Gasteiger partial charge in [0.2, 0.25) is 11.8 Å². The molecule has 0 bridgehead atoms. The van der Waals surface area contributed by atoms with Crippen LogP contribution in [0.4, 0.5) is 11.4 Å². The van der Waals surface area contributed by atoms with Gasteiger partial charge in [-0.2, -0.15) is 0 Å². The summed E-state index contributed by atoms with van der Waals surface area (Å²) in [6, 6.07) is 6.10. The lowest BCUT2D eigenvalue weighted by Crippen LogP contribution is -2.37. The Morgan fingerprint density at radius 1 is 1.15 bits per heavy atom. The molecule has 5 nitrogen and oxygen atoms in total. The number of anilines is 2. The molecule has 0 heterocycles. The molecule has 2 amide bonds. The van der Waals surface area contributed by atoms with E-state index in [1.165, 1.54) is 0 Å². The topological polar surface area (TPSA) is 52.7 Å². The smallest absolute Gasteiger partial charge is 0.226 e. The number of nitrogens with one attached hydrogen (secondary N) is 1. The molecule has 144 valence electrons. The fourth-order valence-electron chi connectivity index (χ4n) is 3.07. The number of benzene rings is 1. The maximum absolute atomic E-state index is 12.7. The van der Waals surface area contributed by atoms with E-state index < -0.39 is 0 Å². The van der Waals surface area contributed by atoms with Gasteiger partial charge in [0, 0.05) is 50.4 Å². The molecule has 0 saturated heterocycles. The Morgan fingerprint density at radius 2 is 1.81 bits per heavy atom. The molecule has 1 aliphatic carbocycles. The van der Waals surface area contributed by atoms with E-state index in [0.717, 1.165) is 29.8 Å². The fraction of sp³-hybridized carbons (Fsp3) is 0.619. The van der Waals surface area contributed by atoms with Gasteiger partial charge in [-0.3, -0.25) is 9.59 Å². The van der Waals surface area contributed by atoms with E-state index in [2.05, 4.69) is 24.1 Å². The second-order valence-corrected chi connectivity index (χ2v) is 8.22. The molecule has 26 heavy (non-hydrogen) atoms. The van der Waals surface area contributed by atoms with Crippen LogP contribution in [-0.2, 0) is 16.1 Å². The van der Waals surface area contributed by atoms with Crippen LogP contribution in [0.5, 0.6) is 0 Å². The monoisotopic (exact) mass is 359 g/mol. The number of carbonyl (C=O) groups is 2. The van der Waals surface area contributed by atoms with Crippen molar-refractivity contribution in [2.24, 2.45) is 11.8 Å². The lowest BCUT2D eigenvalue weighted by Gasteiger charge is -2.29. The van der Waals surface area contributed by atoms with Crippen molar-refractivity contribution >= 4 is 23.2 Å². The van der Waals surface area contributed by atoms with Gasteiger partial charge in [-0.15, -0.1) is 0 Å². The van der Waals surface area contributed by atoms with Crippen molar-refractivity contribution in [1.29, 1.82) is 0 Å². The number of amides is 2. The van der Waals surface area contributed by atoms with Gasteiger partial charge >= 0.3 is 0 Å². The molecular formula is C21H33N3O2. The SMILES string of the molecule is CC(C)CC(=O)Nc1ccc(N(C)C)c(CN(C(=O)C2CC2)C(C)C)c1. The van der Waals surface area contributed by atoms with Crippen LogP contribution < -0.4 is 10.2 Å². The highest BCUT2D eigenvalue weighted by atomic mass is 16.2. The van der Waals surface area contributed by atoms with E-state index >= 15 is 0 Å². The lowest BCUT2D eigenvalue weighted by molar-refractivity contribution is -0.135. The summed E-state index contributed by atoms with van der Waals surface area (Å²) in [6.45, 7) is 8.75. The Bertz CT molecular complexity index is 649. The van der Waals surface area contributed by atoms with Crippen LogP contribution in [0.1, 0.15) is 52.5 Å². The zero-order valence-corrected chi connectivity index (χ0v) is 17.0. The summed E-state index contributed by atoms with van der Waals surface area (Å²) < 4.78 is 0. The molecule has 1 saturated carbocycles. The molecule has 0 unspecified atom stereocenters. The normalized spacial score (nSPS) is 13.8. The molecule has 0 aliphatic heterocycles. The second kappa shape index (κ2) is 8.56. The highest BCUT2D eigenvalue weighted by molar-refractivity contribution is 5.91. The van der Waals surface area contributed by atoms with Crippen molar-refractivity contribution in [3.63, 3.8) is 0 Å². The van der Waals surface area contributed by atoms with Gasteiger partial charge in [0.25, 0.3) is 0 Å². The molecule has 0 aromatic heterocycles. The predicted octanol–water partition coefficient (Wildman–Crippen LogP) is 3.88. The minimum Gasteiger partial charge on any atom is -0.377 e. The Balaban J connectivity index is 2.23. The van der Waals surface area contributed by atoms with Crippen molar-refractivity contribution in [3.8, 4) is 0 Å². The number of carbonyl (C=O) groups excluding carboxylic acids is 2. The summed E-state index contributed by atoms with van der Waals surface area (Å²) >= 11 is 0. The first kappa shape index (κ1) is 20.3. The first-order valence-corrected chi connectivity index (χ1v) is 9.59. The van der Waals surface area contributed by atoms with Crippen molar-refractivity contribution < 1.29 is 9.59 Å². The van der Waals surface area contributed by atoms with Crippen LogP contribution in [-0.4, -0.2) is 36.9 Å². The third kappa shape index (κ3) is 5.48. The highest BCUT2D eigenvalue weighted by Crippen LogP contribution is 2.33. The summed E-state index contributed by atoms with van der Waals surface area (Å²) in [5.41, 5.74) is 2.92. The Kier molecular flexibility index (Phi) is 6.68. The predicted molar refractivity (Wildman–Crippen MR) is 107 cm³/mol. The maximum atomic E-state index is 12.7. The van der Waals surface area contributed by atoms with Gasteiger partial charge < -0.3 is 15.1 Å². The number of hydrogen-bond donors (Lipinski definition) is 1. The van der Waals surface area contributed by atoms with Crippen LogP contribution >= 0.6 is 0 Å². The molecule has 1 aliphatic rings. The highest BCUT2D eigenvalue weighted by Gasteiger charge is 2.34. The van der Waals surface area contributed by atoms with Gasteiger partial charge in [-0.1, -0.05) is 13.8 Å². The molecule has 0 radical (unpaired) electrons. The van der Waals surface area contributed by atoms with Crippen molar-refractivity contribution in [1.82, 2.24) is 4.90 Å². The summed E-state index contributed by atoms with van der Waals surface area (Å²) in [5.74, 6) is 0.800. The van der Waals surface area contributed by atoms with Crippen molar-refractivity contribution in [2.75, 3.05) is 24.3 Å². The van der Waals surface area contributed by atoms with Gasteiger partial charge in [-0.25, -0.2) is 0 Å². The standard InChI is InChI=1S/C21H33N3O2/c1-14(2)11-20(25)22-18-9-10-19(23(5)6)17(12-18)13-24(15(3)4)21(26)16-7-8-16/h9-10,12,14-16H,7-8,11,13H2,1-6H3,(H,22,25). The Labute approximate surface area is 157 Å². The van der Waals surface area contributed by atoms with Crippen LogP contribution in [0.25, 0.3) is 0 Å². The van der Waals surface area contributed by atoms with E-state index in [9.17, 15) is 9.59 Å². The molecule has 0 spiro atoms. The largest absolute Gasteiger partial charge is 0.377 e. The molecule has 5 heteroatoms. The van der Waals surface area contributed by atoms with E-state index in [-0.39, 0.29) is 23.8 Å². The molecule has 2 rings (SSSR count). The fourth-order valence-corrected chi connectivity index (χ4v) is 3.07. The zero-order chi connectivity index (χ0) is 19.4. The molecule has 1 N–H and O–H groups in total. The summed E-state index contributed by atoms with van der Waals surface area (Å²) in [5, 5.41) is 2.99. The molecule has 1 aromatic carbocycles. The van der Waals surface area contributed by atoms with E-state index in [0.29, 0.717) is 18.9 Å². The number of rotatable bonds is 8. The van der Waals surface area contributed by atoms with Gasteiger partial charge in [0.05, 0.1) is 0 Å². The third-order valence-corrected chi connectivity index (χ3v) is 4.61. The summed E-state index contributed by atoms with van der Waals surface area (Å²) in [7, 11) is 4.00. The molecule has 1 aromatic rings. The quantitative estimate of drug-likeness (QED) is 0.766. The van der Waals surface area contributed by atoms with Gasteiger partial charge in [0.1, 0.15) is 0 Å². The summed E-state index contributed by atoms with van der Waals surface area (Å²) in [4.78, 5) is 28.8. The molecule has 0 atom stereocenters. The molecule has 1 fully saturated rings. The number of nitrogens with zero attached hydrogens (tertiary/aromatic N) is 2. The van der Waals surface area contributed by atoms with Gasteiger partial charge in [0.15, 0.2) is 0 Å². The van der Waals surface area contributed by atoms with Gasteiger partial charge in [-0.05, 0) is 56.4 Å². The van der Waals surface area contributed by atoms with Crippen LogP contribution in [0, 0.1) is 11.8 Å². The van der Waals surface area contributed by atoms with Crippen LogP contribution in [0.15, 0.2) is 18.2 Å². The van der Waals surface area contributed by atoms with Crippen LogP contribution in [0.2, 0.25) is 0 Å². The Hall–Kier alpha value is -2.04. The molecular weight excluding hydrogens is 326 g/mol. The van der Waals surface area contributed by atoms with E-state index in [4.69, 9.17) is 0 Å². The lowest BCUT2D eigenvalue weighted by atomic mass is 10.1. The summed E-state index contributed by atoms with van der Waals surface area (Å²) in [6.07, 6.45) is 2.52.